The highest BCUT2D eigenvalue weighted by molar-refractivity contribution is 6.31. The molecule has 2 aromatic carbocycles. The van der Waals surface area contributed by atoms with E-state index in [-0.39, 0.29) is 0 Å². The molecule has 6 nitrogen and oxygen atoms in total. The first-order chi connectivity index (χ1) is 12.4. The number of hydrogen-bond acceptors (Lipinski definition) is 5. The van der Waals surface area contributed by atoms with Gasteiger partial charge in [-0.05, 0) is 44.2 Å². The average molecular weight is 378 g/mol. The van der Waals surface area contributed by atoms with Gasteiger partial charge >= 0.3 is 5.97 Å². The molecule has 0 saturated carbocycles. The van der Waals surface area contributed by atoms with Crippen molar-refractivity contribution < 1.29 is 23.8 Å². The summed E-state index contributed by atoms with van der Waals surface area (Å²) in [6.45, 7) is 3.03. The van der Waals surface area contributed by atoms with Crippen molar-refractivity contribution in [2.75, 3.05) is 12.4 Å². The minimum atomic E-state index is -1.02. The molecule has 1 amide bonds. The van der Waals surface area contributed by atoms with Gasteiger partial charge in [-0.3, -0.25) is 4.79 Å². The third kappa shape index (κ3) is 5.39. The van der Waals surface area contributed by atoms with Gasteiger partial charge in [-0.15, -0.1) is 0 Å². The quantitative estimate of drug-likeness (QED) is 0.745. The smallest absolute Gasteiger partial charge is 0.347 e. The molecule has 0 aliphatic rings. The summed E-state index contributed by atoms with van der Waals surface area (Å²) in [6, 6.07) is 13.7. The molecular weight excluding hydrogens is 358 g/mol. The number of ether oxygens (including phenoxy) is 3. The standard InChI is InChI=1S/C19H20ClNO5/c1-12(18(22)21-16-11-14(20)9-10-17(16)24-3)26-19(23)13(2)25-15-7-5-4-6-8-15/h4-13H,1-3H3,(H,21,22)/t12-,13-/m1/s1. The zero-order valence-corrected chi connectivity index (χ0v) is 15.4. The van der Waals surface area contributed by atoms with Crippen LogP contribution in [0, 0.1) is 0 Å². The zero-order chi connectivity index (χ0) is 19.1. The molecule has 0 bridgehead atoms. The minimum Gasteiger partial charge on any atom is -0.495 e. The number of carbonyl (C=O) groups excluding carboxylic acids is 2. The fourth-order valence-electron chi connectivity index (χ4n) is 2.09. The molecule has 0 radical (unpaired) electrons. The van der Waals surface area contributed by atoms with Crippen LogP contribution in [0.25, 0.3) is 0 Å². The Morgan fingerprint density at radius 3 is 2.38 bits per heavy atom. The van der Waals surface area contributed by atoms with Crippen LogP contribution in [0.1, 0.15) is 13.8 Å². The van der Waals surface area contributed by atoms with Crippen LogP contribution in [0.15, 0.2) is 48.5 Å². The molecule has 2 aromatic rings. The molecule has 0 unspecified atom stereocenters. The highest BCUT2D eigenvalue weighted by Gasteiger charge is 2.24. The Morgan fingerprint density at radius 2 is 1.73 bits per heavy atom. The lowest BCUT2D eigenvalue weighted by Crippen LogP contribution is -2.35. The number of methoxy groups -OCH3 is 1. The molecular formula is C19H20ClNO5. The van der Waals surface area contributed by atoms with Crippen LogP contribution in [0.3, 0.4) is 0 Å². The van der Waals surface area contributed by atoms with Gasteiger partial charge in [0.1, 0.15) is 11.5 Å². The number of amides is 1. The zero-order valence-electron chi connectivity index (χ0n) is 14.7. The van der Waals surface area contributed by atoms with Gasteiger partial charge in [0.2, 0.25) is 0 Å². The van der Waals surface area contributed by atoms with E-state index >= 15 is 0 Å². The molecule has 1 N–H and O–H groups in total. The van der Waals surface area contributed by atoms with Gasteiger partial charge in [-0.2, -0.15) is 0 Å². The molecule has 0 fully saturated rings. The molecule has 7 heteroatoms. The van der Waals surface area contributed by atoms with E-state index in [4.69, 9.17) is 25.8 Å². The van der Waals surface area contributed by atoms with Crippen molar-refractivity contribution in [1.29, 1.82) is 0 Å². The van der Waals surface area contributed by atoms with Crippen molar-refractivity contribution in [3.05, 3.63) is 53.6 Å². The van der Waals surface area contributed by atoms with E-state index in [1.807, 2.05) is 6.07 Å². The maximum absolute atomic E-state index is 12.3. The Labute approximate surface area is 157 Å². The summed E-state index contributed by atoms with van der Waals surface area (Å²) in [5.41, 5.74) is 0.390. The molecule has 0 saturated heterocycles. The van der Waals surface area contributed by atoms with Gasteiger partial charge in [0.25, 0.3) is 5.91 Å². The van der Waals surface area contributed by atoms with E-state index in [0.29, 0.717) is 22.2 Å². The van der Waals surface area contributed by atoms with E-state index in [0.717, 1.165) is 0 Å². The number of rotatable bonds is 7. The van der Waals surface area contributed by atoms with Gasteiger partial charge in [0.05, 0.1) is 12.8 Å². The van der Waals surface area contributed by atoms with Crippen molar-refractivity contribution in [3.8, 4) is 11.5 Å². The summed E-state index contributed by atoms with van der Waals surface area (Å²) < 4.78 is 15.8. The summed E-state index contributed by atoms with van der Waals surface area (Å²) >= 11 is 5.93. The normalized spacial score (nSPS) is 12.6. The average Bonchev–Trinajstić information content (AvgIpc) is 2.62. The SMILES string of the molecule is COc1ccc(Cl)cc1NC(=O)[C@@H](C)OC(=O)[C@@H](C)Oc1ccccc1. The van der Waals surface area contributed by atoms with Gasteiger partial charge < -0.3 is 19.5 Å². The Bertz CT molecular complexity index is 766. The molecule has 0 aliphatic heterocycles. The lowest BCUT2D eigenvalue weighted by molar-refractivity contribution is -0.159. The first-order valence-corrected chi connectivity index (χ1v) is 8.35. The lowest BCUT2D eigenvalue weighted by atomic mass is 10.2. The highest BCUT2D eigenvalue weighted by Crippen LogP contribution is 2.27. The maximum atomic E-state index is 12.3. The van der Waals surface area contributed by atoms with Crippen LogP contribution in [-0.4, -0.2) is 31.2 Å². The van der Waals surface area contributed by atoms with E-state index < -0.39 is 24.1 Å². The number of nitrogens with one attached hydrogen (secondary N) is 1. The van der Waals surface area contributed by atoms with Crippen molar-refractivity contribution >= 4 is 29.2 Å². The van der Waals surface area contributed by atoms with Crippen LogP contribution in [-0.2, 0) is 14.3 Å². The Hall–Kier alpha value is -2.73. The second kappa shape index (κ2) is 9.10. The molecule has 0 spiro atoms. The number of para-hydroxylation sites is 1. The van der Waals surface area contributed by atoms with Gasteiger partial charge in [0, 0.05) is 5.02 Å². The third-order valence-electron chi connectivity index (χ3n) is 3.47. The number of halogens is 1. The number of hydrogen-bond donors (Lipinski definition) is 1. The second-order valence-corrected chi connectivity index (χ2v) is 5.92. The Kier molecular flexibility index (Phi) is 6.86. The summed E-state index contributed by atoms with van der Waals surface area (Å²) in [5, 5.41) is 3.07. The Balaban J connectivity index is 1.94. The van der Waals surface area contributed by atoms with Crippen LogP contribution in [0.5, 0.6) is 11.5 Å². The van der Waals surface area contributed by atoms with E-state index in [1.54, 1.807) is 49.4 Å². The monoisotopic (exact) mass is 377 g/mol. The van der Waals surface area contributed by atoms with Crippen LogP contribution >= 0.6 is 11.6 Å². The van der Waals surface area contributed by atoms with E-state index in [9.17, 15) is 9.59 Å². The lowest BCUT2D eigenvalue weighted by Gasteiger charge is -2.18. The molecule has 2 atom stereocenters. The van der Waals surface area contributed by atoms with Crippen LogP contribution in [0.2, 0.25) is 5.02 Å². The predicted molar refractivity (Wildman–Crippen MR) is 98.7 cm³/mol. The third-order valence-corrected chi connectivity index (χ3v) is 3.70. The van der Waals surface area contributed by atoms with Gasteiger partial charge in [0.15, 0.2) is 12.2 Å². The molecule has 26 heavy (non-hydrogen) atoms. The number of carbonyl (C=O) groups is 2. The molecule has 0 heterocycles. The summed E-state index contributed by atoms with van der Waals surface area (Å²) in [4.78, 5) is 24.4. The molecule has 0 aliphatic carbocycles. The predicted octanol–water partition coefficient (Wildman–Crippen LogP) is 3.69. The maximum Gasteiger partial charge on any atom is 0.347 e. The Morgan fingerprint density at radius 1 is 1.04 bits per heavy atom. The number of benzene rings is 2. The fourth-order valence-corrected chi connectivity index (χ4v) is 2.26. The van der Waals surface area contributed by atoms with Gasteiger partial charge in [-0.25, -0.2) is 4.79 Å². The van der Waals surface area contributed by atoms with Crippen molar-refractivity contribution in [1.82, 2.24) is 0 Å². The van der Waals surface area contributed by atoms with Crippen LogP contribution in [0.4, 0.5) is 5.69 Å². The topological polar surface area (TPSA) is 73.9 Å². The largest absolute Gasteiger partial charge is 0.495 e. The fraction of sp³-hybridized carbons (Fsp3) is 0.263. The molecule has 2 rings (SSSR count). The summed E-state index contributed by atoms with van der Waals surface area (Å²) in [6.07, 6.45) is -1.87. The van der Waals surface area contributed by atoms with Crippen molar-refractivity contribution in [2.45, 2.75) is 26.1 Å². The van der Waals surface area contributed by atoms with E-state index in [1.165, 1.54) is 14.0 Å². The summed E-state index contributed by atoms with van der Waals surface area (Å²) in [5.74, 6) is -0.167. The highest BCUT2D eigenvalue weighted by atomic mass is 35.5. The molecule has 138 valence electrons. The van der Waals surface area contributed by atoms with Crippen molar-refractivity contribution in [3.63, 3.8) is 0 Å². The van der Waals surface area contributed by atoms with E-state index in [2.05, 4.69) is 5.32 Å². The first kappa shape index (κ1) is 19.6. The van der Waals surface area contributed by atoms with Crippen LogP contribution < -0.4 is 14.8 Å². The van der Waals surface area contributed by atoms with Gasteiger partial charge in [-0.1, -0.05) is 29.8 Å². The second-order valence-electron chi connectivity index (χ2n) is 5.49. The molecule has 0 aromatic heterocycles. The van der Waals surface area contributed by atoms with Crippen molar-refractivity contribution in [2.24, 2.45) is 0 Å². The number of anilines is 1. The minimum absolute atomic E-state index is 0.390. The summed E-state index contributed by atoms with van der Waals surface area (Å²) in [7, 11) is 1.48. The number of esters is 1. The first-order valence-electron chi connectivity index (χ1n) is 7.97.